The van der Waals surface area contributed by atoms with E-state index >= 15 is 0 Å². The second kappa shape index (κ2) is 8.33. The molecule has 6 heteroatoms. The highest BCUT2D eigenvalue weighted by Crippen LogP contribution is 2.30. The van der Waals surface area contributed by atoms with E-state index in [0.717, 1.165) is 48.5 Å². The predicted octanol–water partition coefficient (Wildman–Crippen LogP) is 3.76. The number of ether oxygens (including phenoxy) is 2. The van der Waals surface area contributed by atoms with Gasteiger partial charge in [-0.25, -0.2) is 0 Å². The summed E-state index contributed by atoms with van der Waals surface area (Å²) in [5, 5.41) is 7.88. The third-order valence-electron chi connectivity index (χ3n) is 3.83. The van der Waals surface area contributed by atoms with E-state index in [4.69, 9.17) is 14.3 Å². The molecule has 24 heavy (non-hydrogen) atoms. The van der Waals surface area contributed by atoms with E-state index in [9.17, 15) is 0 Å². The average Bonchev–Trinajstić information content (AvgIpc) is 2.54. The summed E-state index contributed by atoms with van der Waals surface area (Å²) in [6, 6.07) is 2.34. The van der Waals surface area contributed by atoms with Crippen LogP contribution in [0.5, 0.6) is 5.75 Å². The van der Waals surface area contributed by atoms with Gasteiger partial charge < -0.3 is 19.6 Å². The molecule has 2 rings (SSSR count). The van der Waals surface area contributed by atoms with Crippen LogP contribution in [0.3, 0.4) is 0 Å². The van der Waals surface area contributed by atoms with Crippen molar-refractivity contribution in [2.45, 2.75) is 64.7 Å². The van der Waals surface area contributed by atoms with Gasteiger partial charge in [0.05, 0.1) is 25.1 Å². The summed E-state index contributed by atoms with van der Waals surface area (Å²) >= 11 is 0. The normalized spacial score (nSPS) is 18.2. The molecule has 1 heterocycles. The highest BCUT2D eigenvalue weighted by Gasteiger charge is 2.21. The summed E-state index contributed by atoms with van der Waals surface area (Å²) in [5.41, 5.74) is 2.69. The Hall–Kier alpha value is -1.82. The van der Waals surface area contributed by atoms with Crippen LogP contribution < -0.4 is 10.1 Å². The van der Waals surface area contributed by atoms with Gasteiger partial charge in [0, 0.05) is 19.3 Å². The smallest absolute Gasteiger partial charge is 0.165 e. The second-order valence-electron chi connectivity index (χ2n) is 7.05. The Balaban J connectivity index is 1.96. The first-order chi connectivity index (χ1) is 11.4. The molecule has 1 aliphatic rings. The standard InChI is InChI=1S/C18H29N3O3/c1-18(2,3)24-21-14-8-6-13(7-9-14)20-15-10-11-19-16(12-22-4)17(15)23-5/h10-11,13H,6-9,12H2,1-5H3,(H,19,20). The number of rotatable bonds is 6. The summed E-state index contributed by atoms with van der Waals surface area (Å²) in [7, 11) is 3.32. The Bertz CT molecular complexity index is 557. The number of hydrogen-bond donors (Lipinski definition) is 1. The largest absolute Gasteiger partial charge is 0.493 e. The van der Waals surface area contributed by atoms with Gasteiger partial charge in [-0.05, 0) is 52.5 Å². The van der Waals surface area contributed by atoms with Crippen molar-refractivity contribution in [2.75, 3.05) is 19.5 Å². The molecule has 1 aromatic heterocycles. The van der Waals surface area contributed by atoms with E-state index in [1.165, 1.54) is 0 Å². The predicted molar refractivity (Wildman–Crippen MR) is 95.7 cm³/mol. The number of hydrogen-bond acceptors (Lipinski definition) is 6. The molecule has 0 unspecified atom stereocenters. The van der Waals surface area contributed by atoms with Crippen LogP contribution in [0.4, 0.5) is 5.69 Å². The molecule has 0 aromatic carbocycles. The number of anilines is 1. The molecule has 1 aliphatic carbocycles. The van der Waals surface area contributed by atoms with Gasteiger partial charge in [-0.3, -0.25) is 4.98 Å². The first-order valence-corrected chi connectivity index (χ1v) is 8.44. The number of methoxy groups -OCH3 is 2. The van der Waals surface area contributed by atoms with Gasteiger partial charge in [-0.1, -0.05) is 5.16 Å². The minimum absolute atomic E-state index is 0.232. The lowest BCUT2D eigenvalue weighted by Gasteiger charge is -2.26. The fraction of sp³-hybridized carbons (Fsp3) is 0.667. The van der Waals surface area contributed by atoms with E-state index < -0.39 is 0 Å². The van der Waals surface area contributed by atoms with Crippen molar-refractivity contribution < 1.29 is 14.3 Å². The Kier molecular flexibility index (Phi) is 6.43. The zero-order valence-electron chi connectivity index (χ0n) is 15.4. The SMILES string of the molecule is COCc1nccc(NC2CCC(=NOC(C)(C)C)CC2)c1OC. The van der Waals surface area contributed by atoms with Gasteiger partial charge in [0.15, 0.2) is 5.75 Å². The van der Waals surface area contributed by atoms with Gasteiger partial charge in [-0.15, -0.1) is 0 Å². The number of oxime groups is 1. The van der Waals surface area contributed by atoms with Crippen LogP contribution in [0.15, 0.2) is 17.4 Å². The summed E-state index contributed by atoms with van der Waals surface area (Å²) in [6.45, 7) is 6.47. The molecule has 0 radical (unpaired) electrons. The van der Waals surface area contributed by atoms with Crippen molar-refractivity contribution in [1.29, 1.82) is 0 Å². The lowest BCUT2D eigenvalue weighted by Crippen LogP contribution is -2.27. The molecule has 0 spiro atoms. The van der Waals surface area contributed by atoms with E-state index in [1.54, 1.807) is 20.4 Å². The van der Waals surface area contributed by atoms with E-state index in [-0.39, 0.29) is 5.60 Å². The highest BCUT2D eigenvalue weighted by atomic mass is 16.6. The van der Waals surface area contributed by atoms with E-state index in [0.29, 0.717) is 12.6 Å². The molecule has 134 valence electrons. The third kappa shape index (κ3) is 5.37. The van der Waals surface area contributed by atoms with Crippen molar-refractivity contribution >= 4 is 11.4 Å². The molecule has 0 bridgehead atoms. The lowest BCUT2D eigenvalue weighted by atomic mass is 9.93. The van der Waals surface area contributed by atoms with Gasteiger partial charge >= 0.3 is 0 Å². The van der Waals surface area contributed by atoms with Gasteiger partial charge in [0.1, 0.15) is 11.3 Å². The van der Waals surface area contributed by atoms with Crippen LogP contribution >= 0.6 is 0 Å². The van der Waals surface area contributed by atoms with Crippen molar-refractivity contribution in [3.63, 3.8) is 0 Å². The Morgan fingerprint density at radius 2 is 1.96 bits per heavy atom. The molecule has 1 N–H and O–H groups in total. The number of nitrogens with one attached hydrogen (secondary N) is 1. The first kappa shape index (κ1) is 18.5. The van der Waals surface area contributed by atoms with Gasteiger partial charge in [0.25, 0.3) is 0 Å². The lowest BCUT2D eigenvalue weighted by molar-refractivity contribution is -0.0000399. The molecule has 0 aliphatic heterocycles. The summed E-state index contributed by atoms with van der Waals surface area (Å²) < 4.78 is 10.7. The molecule has 1 aromatic rings. The van der Waals surface area contributed by atoms with Crippen LogP contribution in [-0.4, -0.2) is 36.6 Å². The topological polar surface area (TPSA) is 65.0 Å². The summed E-state index contributed by atoms with van der Waals surface area (Å²) in [6.07, 6.45) is 5.74. The Labute approximate surface area is 144 Å². The van der Waals surface area contributed by atoms with Crippen LogP contribution in [-0.2, 0) is 16.2 Å². The number of nitrogens with zero attached hydrogens (tertiary/aromatic N) is 2. The van der Waals surface area contributed by atoms with Crippen molar-refractivity contribution in [1.82, 2.24) is 4.98 Å². The quantitative estimate of drug-likeness (QED) is 0.802. The highest BCUT2D eigenvalue weighted by molar-refractivity contribution is 5.84. The van der Waals surface area contributed by atoms with Crippen molar-refractivity contribution in [3.05, 3.63) is 18.0 Å². The monoisotopic (exact) mass is 335 g/mol. The zero-order valence-corrected chi connectivity index (χ0v) is 15.4. The van der Waals surface area contributed by atoms with Crippen LogP contribution in [0.25, 0.3) is 0 Å². The maximum atomic E-state index is 5.53. The maximum Gasteiger partial charge on any atom is 0.165 e. The minimum Gasteiger partial charge on any atom is -0.493 e. The Morgan fingerprint density at radius 3 is 2.54 bits per heavy atom. The summed E-state index contributed by atoms with van der Waals surface area (Å²) in [5.74, 6) is 0.759. The van der Waals surface area contributed by atoms with Crippen LogP contribution in [0, 0.1) is 0 Å². The molecule has 0 amide bonds. The molecule has 6 nitrogen and oxygen atoms in total. The summed E-state index contributed by atoms with van der Waals surface area (Å²) in [4.78, 5) is 9.85. The molecule has 0 atom stereocenters. The first-order valence-electron chi connectivity index (χ1n) is 8.44. The van der Waals surface area contributed by atoms with Crippen molar-refractivity contribution in [2.24, 2.45) is 5.16 Å². The van der Waals surface area contributed by atoms with E-state index in [1.807, 2.05) is 26.8 Å². The minimum atomic E-state index is -0.232. The molecule has 1 fully saturated rings. The van der Waals surface area contributed by atoms with Gasteiger partial charge in [-0.2, -0.15) is 0 Å². The molecule has 0 saturated heterocycles. The maximum absolute atomic E-state index is 5.53. The zero-order chi connectivity index (χ0) is 17.6. The molecular weight excluding hydrogens is 306 g/mol. The molecule has 1 saturated carbocycles. The van der Waals surface area contributed by atoms with Crippen LogP contribution in [0.1, 0.15) is 52.1 Å². The van der Waals surface area contributed by atoms with E-state index in [2.05, 4.69) is 15.5 Å². The Morgan fingerprint density at radius 1 is 1.25 bits per heavy atom. The number of pyridine rings is 1. The number of aromatic nitrogens is 1. The molecular formula is C18H29N3O3. The third-order valence-corrected chi connectivity index (χ3v) is 3.83. The van der Waals surface area contributed by atoms with Gasteiger partial charge in [0.2, 0.25) is 0 Å². The second-order valence-corrected chi connectivity index (χ2v) is 7.05. The van der Waals surface area contributed by atoms with Crippen LogP contribution in [0.2, 0.25) is 0 Å². The van der Waals surface area contributed by atoms with Crippen molar-refractivity contribution in [3.8, 4) is 5.75 Å². The fourth-order valence-electron chi connectivity index (χ4n) is 2.68. The fourth-order valence-corrected chi connectivity index (χ4v) is 2.68. The average molecular weight is 335 g/mol.